The van der Waals surface area contributed by atoms with Crippen LogP contribution in [0.3, 0.4) is 0 Å². The number of rotatable bonds is 6. The van der Waals surface area contributed by atoms with Gasteiger partial charge in [-0.2, -0.15) is 16.3 Å². The molecule has 6 nitrogen and oxygen atoms in total. The van der Waals surface area contributed by atoms with E-state index in [1.54, 1.807) is 22.7 Å². The molecule has 4 rings (SSSR count). The van der Waals surface area contributed by atoms with E-state index in [2.05, 4.69) is 20.4 Å². The Morgan fingerprint density at radius 1 is 1.19 bits per heavy atom. The number of nitrogens with one attached hydrogen (secondary N) is 1. The lowest BCUT2D eigenvalue weighted by Crippen LogP contribution is -2.12. The Morgan fingerprint density at radius 2 is 2.11 bits per heavy atom. The summed E-state index contributed by atoms with van der Waals surface area (Å²) in [5.74, 6) is 0.910. The molecule has 0 aliphatic rings. The molecule has 0 atom stereocenters. The van der Waals surface area contributed by atoms with Gasteiger partial charge in [-0.15, -0.1) is 11.3 Å². The number of hydrogen-bond donors (Lipinski definition) is 1. The van der Waals surface area contributed by atoms with Crippen LogP contribution in [0.5, 0.6) is 0 Å². The van der Waals surface area contributed by atoms with E-state index in [1.165, 1.54) is 0 Å². The highest BCUT2D eigenvalue weighted by atomic mass is 32.1. The Morgan fingerprint density at radius 3 is 2.89 bits per heavy atom. The summed E-state index contributed by atoms with van der Waals surface area (Å²) in [4.78, 5) is 21.1. The Kier molecular flexibility index (Phi) is 5.08. The molecule has 1 N–H and O–H groups in total. The standard InChI is InChI=1S/C19H16N4O2S2/c1-12-20-16(11-27-12)13-3-2-4-15(9-13)21-17(24)5-6-18-22-19(23-25-18)14-7-8-26-10-14/h2-4,7-11H,5-6H2,1H3,(H,21,24). The van der Waals surface area contributed by atoms with Crippen LogP contribution in [0.25, 0.3) is 22.6 Å². The highest BCUT2D eigenvalue weighted by molar-refractivity contribution is 7.09. The maximum atomic E-state index is 12.3. The molecule has 0 unspecified atom stereocenters. The van der Waals surface area contributed by atoms with Gasteiger partial charge in [-0.05, 0) is 30.5 Å². The van der Waals surface area contributed by atoms with E-state index in [0.29, 0.717) is 18.1 Å². The molecule has 0 radical (unpaired) electrons. The van der Waals surface area contributed by atoms with Crippen molar-refractivity contribution in [2.45, 2.75) is 19.8 Å². The van der Waals surface area contributed by atoms with Crippen molar-refractivity contribution in [1.29, 1.82) is 0 Å². The zero-order valence-electron chi connectivity index (χ0n) is 14.5. The van der Waals surface area contributed by atoms with Gasteiger partial charge < -0.3 is 9.84 Å². The number of anilines is 1. The molecule has 3 heterocycles. The van der Waals surface area contributed by atoms with E-state index in [9.17, 15) is 4.79 Å². The van der Waals surface area contributed by atoms with Gasteiger partial charge in [0.15, 0.2) is 0 Å². The summed E-state index contributed by atoms with van der Waals surface area (Å²) in [6, 6.07) is 9.61. The molecule has 0 aliphatic heterocycles. The first kappa shape index (κ1) is 17.6. The van der Waals surface area contributed by atoms with Crippen molar-refractivity contribution in [1.82, 2.24) is 15.1 Å². The third kappa shape index (κ3) is 4.29. The number of carbonyl (C=O) groups is 1. The number of carbonyl (C=O) groups excluding carboxylic acids is 1. The second-order valence-corrected chi connectivity index (χ2v) is 7.75. The van der Waals surface area contributed by atoms with Crippen molar-refractivity contribution in [2.75, 3.05) is 5.32 Å². The minimum Gasteiger partial charge on any atom is -0.339 e. The van der Waals surface area contributed by atoms with Gasteiger partial charge in [-0.1, -0.05) is 17.3 Å². The van der Waals surface area contributed by atoms with Crippen LogP contribution in [0.15, 0.2) is 51.0 Å². The molecule has 0 saturated carbocycles. The van der Waals surface area contributed by atoms with Crippen LogP contribution in [0.2, 0.25) is 0 Å². The highest BCUT2D eigenvalue weighted by Gasteiger charge is 2.11. The zero-order valence-corrected chi connectivity index (χ0v) is 16.1. The molecule has 0 fully saturated rings. The normalized spacial score (nSPS) is 10.9. The van der Waals surface area contributed by atoms with Crippen molar-refractivity contribution in [3.8, 4) is 22.6 Å². The molecule has 3 aromatic heterocycles. The average molecular weight is 396 g/mol. The Balaban J connectivity index is 1.36. The van der Waals surface area contributed by atoms with Gasteiger partial charge in [0.1, 0.15) is 0 Å². The first-order valence-corrected chi connectivity index (χ1v) is 10.2. The molecule has 1 aromatic carbocycles. The fourth-order valence-electron chi connectivity index (χ4n) is 2.56. The van der Waals surface area contributed by atoms with Crippen molar-refractivity contribution < 1.29 is 9.32 Å². The summed E-state index contributed by atoms with van der Waals surface area (Å²) < 4.78 is 5.22. The predicted molar refractivity (Wildman–Crippen MR) is 107 cm³/mol. The van der Waals surface area contributed by atoms with Gasteiger partial charge in [0, 0.05) is 40.4 Å². The Bertz CT molecular complexity index is 1050. The van der Waals surface area contributed by atoms with Crippen LogP contribution < -0.4 is 5.32 Å². The number of thiophene rings is 1. The minimum absolute atomic E-state index is 0.100. The zero-order chi connectivity index (χ0) is 18.6. The summed E-state index contributed by atoms with van der Waals surface area (Å²) in [6.45, 7) is 1.97. The van der Waals surface area contributed by atoms with E-state index >= 15 is 0 Å². The van der Waals surface area contributed by atoms with Crippen LogP contribution in [0.1, 0.15) is 17.3 Å². The van der Waals surface area contributed by atoms with Crippen molar-refractivity contribution in [3.63, 3.8) is 0 Å². The number of aromatic nitrogens is 3. The maximum absolute atomic E-state index is 12.3. The van der Waals surface area contributed by atoms with E-state index in [4.69, 9.17) is 4.52 Å². The third-order valence-corrected chi connectivity index (χ3v) is 5.33. The van der Waals surface area contributed by atoms with Crippen LogP contribution in [0.4, 0.5) is 5.69 Å². The molecular formula is C19H16N4O2S2. The summed E-state index contributed by atoms with van der Waals surface area (Å²) >= 11 is 3.18. The van der Waals surface area contributed by atoms with Crippen LogP contribution in [-0.4, -0.2) is 21.0 Å². The van der Waals surface area contributed by atoms with Gasteiger partial charge in [0.2, 0.25) is 17.6 Å². The van der Waals surface area contributed by atoms with Crippen LogP contribution in [-0.2, 0) is 11.2 Å². The number of aryl methyl sites for hydroxylation is 2. The van der Waals surface area contributed by atoms with Gasteiger partial charge in [0.05, 0.1) is 10.7 Å². The monoisotopic (exact) mass is 396 g/mol. The lowest BCUT2D eigenvalue weighted by atomic mass is 10.1. The van der Waals surface area contributed by atoms with E-state index in [-0.39, 0.29) is 12.3 Å². The molecule has 1 amide bonds. The lowest BCUT2D eigenvalue weighted by molar-refractivity contribution is -0.116. The molecule has 0 spiro atoms. The second-order valence-electron chi connectivity index (χ2n) is 5.90. The Labute approximate surface area is 163 Å². The number of hydrogen-bond acceptors (Lipinski definition) is 7. The maximum Gasteiger partial charge on any atom is 0.227 e. The number of amides is 1. The van der Waals surface area contributed by atoms with Crippen molar-refractivity contribution in [2.24, 2.45) is 0 Å². The van der Waals surface area contributed by atoms with Gasteiger partial charge in [-0.25, -0.2) is 4.98 Å². The summed E-state index contributed by atoms with van der Waals surface area (Å²) in [6.07, 6.45) is 0.666. The highest BCUT2D eigenvalue weighted by Crippen LogP contribution is 2.24. The average Bonchev–Trinajstić information content (AvgIpc) is 3.41. The van der Waals surface area contributed by atoms with Crippen molar-refractivity contribution >= 4 is 34.3 Å². The van der Waals surface area contributed by atoms with Crippen LogP contribution >= 0.6 is 22.7 Å². The molecule has 27 heavy (non-hydrogen) atoms. The van der Waals surface area contributed by atoms with E-state index < -0.39 is 0 Å². The topological polar surface area (TPSA) is 80.9 Å². The quantitative estimate of drug-likeness (QED) is 0.506. The number of thiazole rings is 1. The van der Waals surface area contributed by atoms with E-state index in [1.807, 2.05) is 53.4 Å². The first-order chi connectivity index (χ1) is 13.2. The molecule has 0 saturated heterocycles. The smallest absolute Gasteiger partial charge is 0.227 e. The molecule has 0 aliphatic carbocycles. The van der Waals surface area contributed by atoms with Crippen molar-refractivity contribution in [3.05, 3.63) is 57.4 Å². The molecule has 4 aromatic rings. The molecular weight excluding hydrogens is 380 g/mol. The molecule has 8 heteroatoms. The second kappa shape index (κ2) is 7.81. The predicted octanol–water partition coefficient (Wildman–Crippen LogP) is 4.80. The largest absolute Gasteiger partial charge is 0.339 e. The summed E-state index contributed by atoms with van der Waals surface area (Å²) in [5, 5.41) is 13.8. The van der Waals surface area contributed by atoms with Gasteiger partial charge in [0.25, 0.3) is 0 Å². The lowest BCUT2D eigenvalue weighted by Gasteiger charge is -2.06. The Hall–Kier alpha value is -2.84. The molecule has 136 valence electrons. The number of nitrogens with zero attached hydrogens (tertiary/aromatic N) is 3. The minimum atomic E-state index is -0.100. The fraction of sp³-hybridized carbons (Fsp3) is 0.158. The SMILES string of the molecule is Cc1nc(-c2cccc(NC(=O)CCc3nc(-c4ccsc4)no3)c2)cs1. The molecule has 0 bridgehead atoms. The summed E-state index contributed by atoms with van der Waals surface area (Å²) in [5.41, 5.74) is 3.57. The van der Waals surface area contributed by atoms with Gasteiger partial charge in [-0.3, -0.25) is 4.79 Å². The summed E-state index contributed by atoms with van der Waals surface area (Å²) in [7, 11) is 0. The number of benzene rings is 1. The first-order valence-electron chi connectivity index (χ1n) is 8.35. The fourth-order valence-corrected chi connectivity index (χ4v) is 3.82. The van der Waals surface area contributed by atoms with E-state index in [0.717, 1.165) is 27.5 Å². The van der Waals surface area contributed by atoms with Crippen LogP contribution in [0, 0.1) is 6.92 Å². The third-order valence-electron chi connectivity index (χ3n) is 3.87. The van der Waals surface area contributed by atoms with Gasteiger partial charge >= 0.3 is 0 Å².